The number of aromatic nitrogens is 3. The van der Waals surface area contributed by atoms with Crippen LogP contribution in [0, 0.1) is 5.82 Å². The Morgan fingerprint density at radius 3 is 2.81 bits per heavy atom. The summed E-state index contributed by atoms with van der Waals surface area (Å²) in [5.41, 5.74) is 1.35. The third-order valence-electron chi connectivity index (χ3n) is 5.30. The number of rotatable bonds is 5. The molecule has 0 spiro atoms. The van der Waals surface area contributed by atoms with E-state index in [1.807, 2.05) is 11.0 Å². The van der Waals surface area contributed by atoms with E-state index in [1.54, 1.807) is 22.9 Å². The molecule has 1 aliphatic rings. The van der Waals surface area contributed by atoms with E-state index in [2.05, 4.69) is 27.2 Å². The van der Waals surface area contributed by atoms with Crippen molar-refractivity contribution < 1.29 is 9.18 Å². The van der Waals surface area contributed by atoms with Gasteiger partial charge in [-0.25, -0.2) is 19.2 Å². The number of nitrogens with one attached hydrogen (secondary N) is 2. The molecule has 0 saturated carbocycles. The van der Waals surface area contributed by atoms with Crippen LogP contribution in [0.3, 0.4) is 0 Å². The smallest absolute Gasteiger partial charge is 0.319 e. The van der Waals surface area contributed by atoms with E-state index in [4.69, 9.17) is 11.6 Å². The van der Waals surface area contributed by atoms with Crippen LogP contribution in [0.4, 0.5) is 20.7 Å². The number of nitrogens with zero attached hydrogens (tertiary/aromatic N) is 4. The van der Waals surface area contributed by atoms with Crippen LogP contribution in [0.2, 0.25) is 5.02 Å². The maximum atomic E-state index is 13.3. The normalized spacial score (nSPS) is 14.4. The lowest BCUT2D eigenvalue weighted by Crippen LogP contribution is -2.47. The van der Waals surface area contributed by atoms with E-state index in [-0.39, 0.29) is 16.6 Å². The van der Waals surface area contributed by atoms with Crippen molar-refractivity contribution in [2.45, 2.75) is 25.4 Å². The Morgan fingerprint density at radius 2 is 2.09 bits per heavy atom. The molecule has 4 rings (SSSR count). The van der Waals surface area contributed by atoms with Crippen LogP contribution in [-0.2, 0) is 6.54 Å². The van der Waals surface area contributed by atoms with Gasteiger partial charge in [0, 0.05) is 37.6 Å². The second-order valence-electron chi connectivity index (χ2n) is 7.47. The van der Waals surface area contributed by atoms with Crippen LogP contribution in [0.25, 0.3) is 11.2 Å². The van der Waals surface area contributed by atoms with Gasteiger partial charge in [-0.15, -0.1) is 6.58 Å². The van der Waals surface area contributed by atoms with Crippen molar-refractivity contribution in [2.24, 2.45) is 0 Å². The number of fused-ring (bicyclic) bond motifs is 1. The molecule has 1 saturated heterocycles. The van der Waals surface area contributed by atoms with Gasteiger partial charge in [0.05, 0.1) is 5.02 Å². The van der Waals surface area contributed by atoms with Crippen molar-refractivity contribution in [3.63, 3.8) is 0 Å². The first-order valence-electron chi connectivity index (χ1n) is 10.2. The number of amides is 2. The van der Waals surface area contributed by atoms with Gasteiger partial charge in [0.15, 0.2) is 11.5 Å². The summed E-state index contributed by atoms with van der Waals surface area (Å²) < 4.78 is 14.8. The Bertz CT molecular complexity index is 1220. The Balaban J connectivity index is 1.42. The minimum Gasteiger partial charge on any atom is -0.352 e. The molecule has 3 aromatic rings. The van der Waals surface area contributed by atoms with Crippen molar-refractivity contribution in [2.75, 3.05) is 23.3 Å². The number of anilines is 2. The topological polar surface area (TPSA) is 92.2 Å². The van der Waals surface area contributed by atoms with Crippen LogP contribution >= 0.6 is 11.6 Å². The number of pyridine rings is 1. The van der Waals surface area contributed by atoms with Gasteiger partial charge in [-0.05, 0) is 43.2 Å². The molecule has 8 nitrogen and oxygen atoms in total. The van der Waals surface area contributed by atoms with Crippen molar-refractivity contribution in [3.05, 3.63) is 70.4 Å². The lowest BCUT2D eigenvalue weighted by molar-refractivity contribution is 0.246. The van der Waals surface area contributed by atoms with Crippen LogP contribution in [-0.4, -0.2) is 39.7 Å². The number of carbonyl (C=O) groups excluding carboxylic acids is 1. The standard InChI is InChI=1S/C22H22ClFN6O2/c1-2-10-30-19-18(4-3-9-25-19)28-20(21(30)31)29-11-7-14(8-12-29)26-22(32)27-15-5-6-17(24)16(23)13-15/h2-6,9,13-14H,1,7-8,10-12H2,(H2,26,27,32). The molecule has 32 heavy (non-hydrogen) atoms. The summed E-state index contributed by atoms with van der Waals surface area (Å²) in [4.78, 5) is 36.1. The molecule has 0 radical (unpaired) electrons. The second-order valence-corrected chi connectivity index (χ2v) is 7.88. The zero-order valence-electron chi connectivity index (χ0n) is 17.2. The molecule has 166 valence electrons. The van der Waals surface area contributed by atoms with E-state index in [1.165, 1.54) is 18.2 Å². The zero-order valence-corrected chi connectivity index (χ0v) is 18.0. The highest BCUT2D eigenvalue weighted by Gasteiger charge is 2.24. The average molecular weight is 457 g/mol. The molecule has 1 fully saturated rings. The summed E-state index contributed by atoms with van der Waals surface area (Å²) in [7, 11) is 0. The summed E-state index contributed by atoms with van der Waals surface area (Å²) in [6.45, 7) is 5.20. The molecule has 0 atom stereocenters. The summed E-state index contributed by atoms with van der Waals surface area (Å²) in [5.74, 6) is -0.175. The predicted molar refractivity (Wildman–Crippen MR) is 123 cm³/mol. The quantitative estimate of drug-likeness (QED) is 0.573. The van der Waals surface area contributed by atoms with Crippen molar-refractivity contribution in [3.8, 4) is 0 Å². The number of carbonyl (C=O) groups is 1. The van der Waals surface area contributed by atoms with Crippen LogP contribution < -0.4 is 21.1 Å². The molecule has 2 aromatic heterocycles. The van der Waals surface area contributed by atoms with Gasteiger partial charge < -0.3 is 15.5 Å². The molecular formula is C22H22ClFN6O2. The van der Waals surface area contributed by atoms with Gasteiger partial charge in [0.25, 0.3) is 5.56 Å². The first-order valence-corrected chi connectivity index (χ1v) is 10.6. The van der Waals surface area contributed by atoms with E-state index < -0.39 is 11.8 Å². The highest BCUT2D eigenvalue weighted by molar-refractivity contribution is 6.31. The largest absolute Gasteiger partial charge is 0.352 e. The number of hydrogen-bond donors (Lipinski definition) is 2. The zero-order chi connectivity index (χ0) is 22.7. The lowest BCUT2D eigenvalue weighted by Gasteiger charge is -2.33. The molecule has 1 aliphatic heterocycles. The first kappa shape index (κ1) is 21.8. The molecular weight excluding hydrogens is 435 g/mol. The van der Waals surface area contributed by atoms with Crippen molar-refractivity contribution in [1.29, 1.82) is 0 Å². The Kier molecular flexibility index (Phi) is 6.36. The number of urea groups is 1. The number of allylic oxidation sites excluding steroid dienone is 1. The average Bonchev–Trinajstić information content (AvgIpc) is 2.79. The predicted octanol–water partition coefficient (Wildman–Crippen LogP) is 3.56. The Hall–Kier alpha value is -3.46. The maximum Gasteiger partial charge on any atom is 0.319 e. The first-order chi connectivity index (χ1) is 15.5. The van der Waals surface area contributed by atoms with Crippen LogP contribution in [0.5, 0.6) is 0 Å². The summed E-state index contributed by atoms with van der Waals surface area (Å²) >= 11 is 5.75. The molecule has 2 N–H and O–H groups in total. The van der Waals surface area contributed by atoms with Crippen molar-refractivity contribution >= 4 is 40.3 Å². The molecule has 0 aliphatic carbocycles. The molecule has 2 amide bonds. The SMILES string of the molecule is C=CCn1c(=O)c(N2CCC(NC(=O)Nc3ccc(F)c(Cl)c3)CC2)nc2cccnc21. The lowest BCUT2D eigenvalue weighted by atomic mass is 10.1. The van der Waals surface area contributed by atoms with Gasteiger partial charge in [-0.2, -0.15) is 0 Å². The summed E-state index contributed by atoms with van der Waals surface area (Å²) in [6, 6.07) is 7.14. The van der Waals surface area contributed by atoms with Gasteiger partial charge >= 0.3 is 6.03 Å². The van der Waals surface area contributed by atoms with E-state index >= 15 is 0 Å². The third-order valence-corrected chi connectivity index (χ3v) is 5.59. The van der Waals surface area contributed by atoms with Crippen LogP contribution in [0.15, 0.2) is 54.0 Å². The Labute approximate surface area is 188 Å². The minimum atomic E-state index is -0.546. The van der Waals surface area contributed by atoms with E-state index in [0.717, 1.165) is 0 Å². The molecule has 3 heterocycles. The highest BCUT2D eigenvalue weighted by Crippen LogP contribution is 2.20. The molecule has 0 unspecified atom stereocenters. The monoisotopic (exact) mass is 456 g/mol. The number of halogens is 2. The van der Waals surface area contributed by atoms with Gasteiger partial charge in [0.1, 0.15) is 11.3 Å². The Morgan fingerprint density at radius 1 is 1.31 bits per heavy atom. The fourth-order valence-electron chi connectivity index (χ4n) is 3.73. The number of hydrogen-bond acceptors (Lipinski definition) is 5. The second kappa shape index (κ2) is 9.35. The number of benzene rings is 1. The van der Waals surface area contributed by atoms with E-state index in [9.17, 15) is 14.0 Å². The molecule has 10 heteroatoms. The third kappa shape index (κ3) is 4.57. The fraction of sp³-hybridized carbons (Fsp3) is 0.273. The summed E-state index contributed by atoms with van der Waals surface area (Å²) in [6.07, 6.45) is 4.57. The van der Waals surface area contributed by atoms with Gasteiger partial charge in [-0.3, -0.25) is 9.36 Å². The van der Waals surface area contributed by atoms with Gasteiger partial charge in [-0.1, -0.05) is 17.7 Å². The highest BCUT2D eigenvalue weighted by atomic mass is 35.5. The van der Waals surface area contributed by atoms with Crippen LogP contribution in [0.1, 0.15) is 12.8 Å². The van der Waals surface area contributed by atoms with Crippen molar-refractivity contribution in [1.82, 2.24) is 19.9 Å². The summed E-state index contributed by atoms with van der Waals surface area (Å²) in [5, 5.41) is 5.50. The fourth-order valence-corrected chi connectivity index (χ4v) is 3.91. The number of piperidine rings is 1. The molecule has 0 bridgehead atoms. The van der Waals surface area contributed by atoms with E-state index in [0.29, 0.717) is 55.1 Å². The maximum absolute atomic E-state index is 13.3. The van der Waals surface area contributed by atoms with Gasteiger partial charge in [0.2, 0.25) is 0 Å². The minimum absolute atomic E-state index is 0.0590. The molecule has 1 aromatic carbocycles.